The van der Waals surface area contributed by atoms with Gasteiger partial charge in [-0.1, -0.05) is 42.5 Å². The lowest BCUT2D eigenvalue weighted by Crippen LogP contribution is -2.14. The lowest BCUT2D eigenvalue weighted by molar-refractivity contribution is -0.385. The maximum Gasteiger partial charge on any atom is 0.276 e. The zero-order valence-electron chi connectivity index (χ0n) is 15.9. The molecule has 0 aromatic heterocycles. The summed E-state index contributed by atoms with van der Waals surface area (Å²) >= 11 is 0. The molecule has 3 aromatic carbocycles. The number of nitro benzene ring substituents is 1. The van der Waals surface area contributed by atoms with Crippen molar-refractivity contribution < 1.29 is 22.9 Å². The number of ether oxygens (including phenoxy) is 1. The van der Waals surface area contributed by atoms with E-state index in [9.17, 15) is 23.3 Å². The Morgan fingerprint density at radius 3 is 2.13 bits per heavy atom. The number of methoxy groups -OCH3 is 1. The quantitative estimate of drug-likeness (QED) is 0.243. The number of ketones is 1. The van der Waals surface area contributed by atoms with Gasteiger partial charge in [0.15, 0.2) is 0 Å². The number of rotatable bonds is 7. The number of para-hydroxylation sites is 1. The molecule has 0 N–H and O–H groups in total. The summed E-state index contributed by atoms with van der Waals surface area (Å²) in [6.07, 6.45) is 1.05. The van der Waals surface area contributed by atoms with E-state index in [1.54, 1.807) is 18.2 Å². The van der Waals surface area contributed by atoms with Crippen molar-refractivity contribution in [2.75, 3.05) is 7.11 Å². The molecule has 3 aromatic rings. The SMILES string of the molecule is COc1ccc(S(=O)(=O)/C(=C/c2ccccc2[N+](=O)[O-])C(=O)c2ccccc2)cc1. The van der Waals surface area contributed by atoms with Gasteiger partial charge in [-0.3, -0.25) is 14.9 Å². The minimum atomic E-state index is -4.28. The fourth-order valence-corrected chi connectivity index (χ4v) is 4.19. The number of sulfone groups is 1. The summed E-state index contributed by atoms with van der Waals surface area (Å²) in [6.45, 7) is 0. The van der Waals surface area contributed by atoms with E-state index < -0.39 is 25.4 Å². The molecule has 0 bridgehead atoms. The number of nitro groups is 1. The Balaban J connectivity index is 2.22. The summed E-state index contributed by atoms with van der Waals surface area (Å²) in [5.74, 6) is -0.308. The van der Waals surface area contributed by atoms with Gasteiger partial charge in [0.1, 0.15) is 10.7 Å². The van der Waals surface area contributed by atoms with Crippen molar-refractivity contribution in [3.63, 3.8) is 0 Å². The maximum absolute atomic E-state index is 13.3. The van der Waals surface area contributed by atoms with Gasteiger partial charge in [0.25, 0.3) is 5.69 Å². The summed E-state index contributed by atoms with van der Waals surface area (Å²) in [5, 5.41) is 11.4. The molecule has 7 nitrogen and oxygen atoms in total. The molecule has 30 heavy (non-hydrogen) atoms. The molecule has 8 heteroatoms. The first-order chi connectivity index (χ1) is 14.3. The van der Waals surface area contributed by atoms with Gasteiger partial charge in [-0.25, -0.2) is 8.42 Å². The second-order valence-electron chi connectivity index (χ2n) is 6.20. The van der Waals surface area contributed by atoms with Crippen LogP contribution in [-0.4, -0.2) is 26.2 Å². The predicted octanol–water partition coefficient (Wildman–Crippen LogP) is 4.30. The van der Waals surface area contributed by atoms with Crippen molar-refractivity contribution in [3.05, 3.63) is 105 Å². The Kier molecular flexibility index (Phi) is 6.08. The highest BCUT2D eigenvalue weighted by Gasteiger charge is 2.29. The minimum absolute atomic E-state index is 0.0128. The van der Waals surface area contributed by atoms with Gasteiger partial charge >= 0.3 is 0 Å². The van der Waals surface area contributed by atoms with Gasteiger partial charge < -0.3 is 4.74 Å². The average Bonchev–Trinajstić information content (AvgIpc) is 2.77. The molecular formula is C22H17NO6S. The van der Waals surface area contributed by atoms with Crippen LogP contribution in [0, 0.1) is 10.1 Å². The van der Waals surface area contributed by atoms with Gasteiger partial charge in [-0.05, 0) is 36.4 Å². The Morgan fingerprint density at radius 2 is 1.53 bits per heavy atom. The first-order valence-electron chi connectivity index (χ1n) is 8.78. The van der Waals surface area contributed by atoms with Crippen LogP contribution in [0.5, 0.6) is 5.75 Å². The third-order valence-electron chi connectivity index (χ3n) is 4.34. The molecule has 0 fully saturated rings. The summed E-state index contributed by atoms with van der Waals surface area (Å²) in [5.41, 5.74) is -0.140. The lowest BCUT2D eigenvalue weighted by Gasteiger charge is -2.10. The second kappa shape index (κ2) is 8.71. The maximum atomic E-state index is 13.3. The van der Waals surface area contributed by atoms with Crippen LogP contribution in [0.3, 0.4) is 0 Å². The average molecular weight is 423 g/mol. The van der Waals surface area contributed by atoms with E-state index in [4.69, 9.17) is 4.74 Å². The smallest absolute Gasteiger partial charge is 0.276 e. The van der Waals surface area contributed by atoms with Crippen LogP contribution in [0.25, 0.3) is 6.08 Å². The molecule has 152 valence electrons. The first kappa shape index (κ1) is 20.9. The molecule has 0 heterocycles. The van der Waals surface area contributed by atoms with E-state index in [1.807, 2.05) is 0 Å². The topological polar surface area (TPSA) is 104 Å². The molecule has 3 rings (SSSR count). The normalized spacial score (nSPS) is 11.7. The number of hydrogen-bond acceptors (Lipinski definition) is 6. The largest absolute Gasteiger partial charge is 0.497 e. The summed E-state index contributed by atoms with van der Waals surface area (Å²) < 4.78 is 31.7. The molecule has 0 aliphatic rings. The summed E-state index contributed by atoms with van der Waals surface area (Å²) in [7, 11) is -2.83. The molecule has 0 saturated heterocycles. The van der Waals surface area contributed by atoms with Crippen molar-refractivity contribution in [1.29, 1.82) is 0 Å². The molecule has 0 spiro atoms. The van der Waals surface area contributed by atoms with Gasteiger partial charge in [-0.15, -0.1) is 0 Å². The van der Waals surface area contributed by atoms with Crippen molar-refractivity contribution in [2.45, 2.75) is 4.90 Å². The van der Waals surface area contributed by atoms with Gasteiger partial charge in [0, 0.05) is 11.6 Å². The molecule has 0 atom stereocenters. The van der Waals surface area contributed by atoms with Crippen LogP contribution < -0.4 is 4.74 Å². The number of carbonyl (C=O) groups is 1. The van der Waals surface area contributed by atoms with Gasteiger partial charge in [-0.2, -0.15) is 0 Å². The van der Waals surface area contributed by atoms with Crippen LogP contribution in [0.4, 0.5) is 5.69 Å². The standard InChI is InChI=1S/C22H17NO6S/c1-29-18-11-13-19(14-12-18)30(27,28)21(22(24)16-7-3-2-4-8-16)15-17-9-5-6-10-20(17)23(25)26/h2-15H,1H3/b21-15+. The molecule has 0 unspecified atom stereocenters. The first-order valence-corrected chi connectivity index (χ1v) is 10.3. The molecule has 0 aliphatic carbocycles. The van der Waals surface area contributed by atoms with Crippen molar-refractivity contribution in [3.8, 4) is 5.75 Å². The van der Waals surface area contributed by atoms with Crippen LogP contribution >= 0.6 is 0 Å². The van der Waals surface area contributed by atoms with Crippen LogP contribution in [0.2, 0.25) is 0 Å². The summed E-state index contributed by atoms with van der Waals surface area (Å²) in [4.78, 5) is 23.2. The zero-order valence-corrected chi connectivity index (χ0v) is 16.7. The lowest BCUT2D eigenvalue weighted by atomic mass is 10.1. The minimum Gasteiger partial charge on any atom is -0.497 e. The Morgan fingerprint density at radius 1 is 0.933 bits per heavy atom. The second-order valence-corrected chi connectivity index (χ2v) is 8.12. The third kappa shape index (κ3) is 4.28. The van der Waals surface area contributed by atoms with E-state index in [0.29, 0.717) is 5.75 Å². The highest BCUT2D eigenvalue weighted by molar-refractivity contribution is 7.96. The molecular weight excluding hydrogens is 406 g/mol. The highest BCUT2D eigenvalue weighted by Crippen LogP contribution is 2.29. The molecule has 0 amide bonds. The third-order valence-corrected chi connectivity index (χ3v) is 6.11. The molecule has 0 saturated carbocycles. The van der Waals surface area contributed by atoms with E-state index in [-0.39, 0.29) is 21.7 Å². The van der Waals surface area contributed by atoms with Crippen molar-refractivity contribution in [2.24, 2.45) is 0 Å². The summed E-state index contributed by atoms with van der Waals surface area (Å²) in [6, 6.07) is 19.1. The Labute approximate surface area is 173 Å². The number of nitrogens with zero attached hydrogens (tertiary/aromatic N) is 1. The van der Waals surface area contributed by atoms with Crippen molar-refractivity contribution in [1.82, 2.24) is 0 Å². The fourth-order valence-electron chi connectivity index (χ4n) is 2.80. The molecule has 0 aliphatic heterocycles. The number of Topliss-reactive ketones (excluding diaryl/α,β-unsaturated/α-hetero) is 1. The van der Waals surface area contributed by atoms with Crippen molar-refractivity contribution >= 4 is 27.4 Å². The van der Waals surface area contributed by atoms with Crippen LogP contribution in [0.15, 0.2) is 88.7 Å². The van der Waals surface area contributed by atoms with E-state index >= 15 is 0 Å². The highest BCUT2D eigenvalue weighted by atomic mass is 32.2. The Hall–Kier alpha value is -3.78. The van der Waals surface area contributed by atoms with E-state index in [0.717, 1.165) is 6.08 Å². The van der Waals surface area contributed by atoms with E-state index in [1.165, 1.54) is 67.8 Å². The Bertz CT molecular complexity index is 1220. The van der Waals surface area contributed by atoms with Crippen LogP contribution in [-0.2, 0) is 9.84 Å². The van der Waals surface area contributed by atoms with Gasteiger partial charge in [0.2, 0.25) is 15.6 Å². The monoisotopic (exact) mass is 423 g/mol. The number of carbonyl (C=O) groups excluding carboxylic acids is 1. The van der Waals surface area contributed by atoms with E-state index in [2.05, 4.69) is 0 Å². The van der Waals surface area contributed by atoms with Crippen LogP contribution in [0.1, 0.15) is 15.9 Å². The van der Waals surface area contributed by atoms with Gasteiger partial charge in [0.05, 0.1) is 22.5 Å². The fraction of sp³-hybridized carbons (Fsp3) is 0.0455. The predicted molar refractivity (Wildman–Crippen MR) is 112 cm³/mol. The number of benzene rings is 3. The molecule has 0 radical (unpaired) electrons. The zero-order chi connectivity index (χ0) is 21.7. The number of hydrogen-bond donors (Lipinski definition) is 0. The number of allylic oxidation sites excluding steroid dienone is 1.